The van der Waals surface area contributed by atoms with Crippen molar-refractivity contribution in [2.45, 2.75) is 44.5 Å². The van der Waals surface area contributed by atoms with E-state index in [0.717, 1.165) is 12.8 Å². The molecule has 0 aromatic heterocycles. The number of hydrogen-bond donors (Lipinski definition) is 1. The molecule has 1 aliphatic rings. The number of ether oxygens (including phenoxy) is 1. The van der Waals surface area contributed by atoms with Gasteiger partial charge in [0.1, 0.15) is 12.1 Å². The summed E-state index contributed by atoms with van der Waals surface area (Å²) in [7, 11) is 0. The standard InChI is InChI=1S/C9H14F3NO2/c1-2-6(7(13)9(10,11)12)8(14)15-5-3-4-5/h5-7H,2-4,13H2,1H3/t6-,7-/m1/s1. The van der Waals surface area contributed by atoms with Crippen LogP contribution in [-0.2, 0) is 9.53 Å². The smallest absolute Gasteiger partial charge is 0.404 e. The van der Waals surface area contributed by atoms with Crippen molar-refractivity contribution in [2.24, 2.45) is 11.7 Å². The highest BCUT2D eigenvalue weighted by atomic mass is 19.4. The number of nitrogens with two attached hydrogens (primary N) is 1. The number of rotatable bonds is 4. The van der Waals surface area contributed by atoms with Crippen molar-refractivity contribution in [1.82, 2.24) is 0 Å². The molecule has 0 aromatic rings. The number of esters is 1. The monoisotopic (exact) mass is 225 g/mol. The van der Waals surface area contributed by atoms with E-state index in [2.05, 4.69) is 0 Å². The minimum Gasteiger partial charge on any atom is -0.462 e. The average molecular weight is 225 g/mol. The van der Waals surface area contributed by atoms with Gasteiger partial charge in [-0.1, -0.05) is 6.92 Å². The van der Waals surface area contributed by atoms with Crippen LogP contribution < -0.4 is 5.73 Å². The van der Waals surface area contributed by atoms with Gasteiger partial charge in [-0.15, -0.1) is 0 Å². The molecule has 2 atom stereocenters. The molecule has 15 heavy (non-hydrogen) atoms. The molecule has 1 rings (SSSR count). The summed E-state index contributed by atoms with van der Waals surface area (Å²) in [6, 6.07) is -2.13. The van der Waals surface area contributed by atoms with Gasteiger partial charge in [-0.05, 0) is 19.3 Å². The fourth-order valence-electron chi connectivity index (χ4n) is 1.23. The summed E-state index contributed by atoms with van der Waals surface area (Å²) < 4.78 is 41.6. The molecule has 1 fully saturated rings. The van der Waals surface area contributed by atoms with Crippen LogP contribution >= 0.6 is 0 Å². The van der Waals surface area contributed by atoms with E-state index in [9.17, 15) is 18.0 Å². The maximum Gasteiger partial charge on any atom is 0.404 e. The Balaban J connectivity index is 2.56. The van der Waals surface area contributed by atoms with Gasteiger partial charge < -0.3 is 10.5 Å². The first-order chi connectivity index (χ1) is 6.86. The zero-order chi connectivity index (χ0) is 11.6. The zero-order valence-corrected chi connectivity index (χ0v) is 8.38. The molecule has 0 spiro atoms. The fourth-order valence-corrected chi connectivity index (χ4v) is 1.23. The van der Waals surface area contributed by atoms with E-state index in [-0.39, 0.29) is 12.5 Å². The van der Waals surface area contributed by atoms with Crippen molar-refractivity contribution in [3.63, 3.8) is 0 Å². The lowest BCUT2D eigenvalue weighted by Gasteiger charge is -2.23. The number of carbonyl (C=O) groups is 1. The van der Waals surface area contributed by atoms with E-state index in [4.69, 9.17) is 10.5 Å². The van der Waals surface area contributed by atoms with Crippen molar-refractivity contribution in [3.8, 4) is 0 Å². The van der Waals surface area contributed by atoms with Crippen LogP contribution in [0.15, 0.2) is 0 Å². The average Bonchev–Trinajstić information content (AvgIpc) is 2.87. The minimum atomic E-state index is -4.55. The molecule has 0 saturated heterocycles. The molecule has 0 amide bonds. The lowest BCUT2D eigenvalue weighted by Crippen LogP contribution is -2.47. The molecule has 0 radical (unpaired) electrons. The SMILES string of the molecule is CC[C@@H](C(=O)OC1CC1)[C@@H](N)C(F)(F)F. The molecular formula is C9H14F3NO2. The van der Waals surface area contributed by atoms with Gasteiger partial charge in [0.15, 0.2) is 0 Å². The van der Waals surface area contributed by atoms with E-state index in [1.807, 2.05) is 0 Å². The van der Waals surface area contributed by atoms with Gasteiger partial charge in [0, 0.05) is 0 Å². The molecule has 6 heteroatoms. The molecule has 1 aliphatic carbocycles. The second kappa shape index (κ2) is 4.38. The van der Waals surface area contributed by atoms with Crippen molar-refractivity contribution in [3.05, 3.63) is 0 Å². The molecular weight excluding hydrogens is 211 g/mol. The summed E-state index contributed by atoms with van der Waals surface area (Å²) in [5, 5.41) is 0. The summed E-state index contributed by atoms with van der Waals surface area (Å²) in [5.41, 5.74) is 4.98. The van der Waals surface area contributed by atoms with Crippen LogP contribution in [0.5, 0.6) is 0 Å². The van der Waals surface area contributed by atoms with E-state index < -0.39 is 24.1 Å². The first-order valence-electron chi connectivity index (χ1n) is 4.89. The van der Waals surface area contributed by atoms with Crippen LogP contribution in [0, 0.1) is 5.92 Å². The Kier molecular flexibility index (Phi) is 3.59. The molecule has 0 aliphatic heterocycles. The van der Waals surface area contributed by atoms with Gasteiger partial charge in [0.2, 0.25) is 0 Å². The first kappa shape index (κ1) is 12.3. The Morgan fingerprint density at radius 3 is 2.40 bits per heavy atom. The van der Waals surface area contributed by atoms with Gasteiger partial charge in [0.05, 0.1) is 5.92 Å². The highest BCUT2D eigenvalue weighted by Crippen LogP contribution is 2.29. The highest BCUT2D eigenvalue weighted by Gasteiger charge is 2.45. The summed E-state index contributed by atoms with van der Waals surface area (Å²) in [6.07, 6.45) is -3.23. The van der Waals surface area contributed by atoms with Gasteiger partial charge >= 0.3 is 12.1 Å². The third kappa shape index (κ3) is 3.37. The van der Waals surface area contributed by atoms with E-state index in [0.29, 0.717) is 0 Å². The predicted molar refractivity (Wildman–Crippen MR) is 46.9 cm³/mol. The zero-order valence-electron chi connectivity index (χ0n) is 8.38. The van der Waals surface area contributed by atoms with E-state index in [1.54, 1.807) is 0 Å². The third-order valence-electron chi connectivity index (χ3n) is 2.36. The van der Waals surface area contributed by atoms with Crippen LogP contribution in [0.4, 0.5) is 13.2 Å². The Morgan fingerprint density at radius 2 is 2.07 bits per heavy atom. The van der Waals surface area contributed by atoms with Crippen LogP contribution in [0.25, 0.3) is 0 Å². The van der Waals surface area contributed by atoms with Crippen molar-refractivity contribution in [1.29, 1.82) is 0 Å². The maximum absolute atomic E-state index is 12.3. The quantitative estimate of drug-likeness (QED) is 0.739. The summed E-state index contributed by atoms with van der Waals surface area (Å²) in [4.78, 5) is 11.3. The normalized spacial score (nSPS) is 20.9. The van der Waals surface area contributed by atoms with Crippen molar-refractivity contribution >= 4 is 5.97 Å². The van der Waals surface area contributed by atoms with Crippen LogP contribution in [0.3, 0.4) is 0 Å². The Hall–Kier alpha value is -0.780. The maximum atomic E-state index is 12.3. The minimum absolute atomic E-state index is 0.0340. The Labute approximate surface area is 85.8 Å². The third-order valence-corrected chi connectivity index (χ3v) is 2.36. The molecule has 0 bridgehead atoms. The number of halogens is 3. The summed E-state index contributed by atoms with van der Waals surface area (Å²) in [5.74, 6) is -2.12. The predicted octanol–water partition coefficient (Wildman–Crippen LogP) is 1.61. The largest absolute Gasteiger partial charge is 0.462 e. The van der Waals surface area contributed by atoms with E-state index >= 15 is 0 Å². The van der Waals surface area contributed by atoms with Crippen molar-refractivity contribution < 1.29 is 22.7 Å². The lowest BCUT2D eigenvalue weighted by atomic mass is 9.97. The van der Waals surface area contributed by atoms with Gasteiger partial charge in [-0.25, -0.2) is 0 Å². The van der Waals surface area contributed by atoms with Gasteiger partial charge in [-0.3, -0.25) is 4.79 Å². The molecule has 88 valence electrons. The molecule has 3 nitrogen and oxygen atoms in total. The summed E-state index contributed by atoms with van der Waals surface area (Å²) >= 11 is 0. The number of alkyl halides is 3. The molecule has 0 heterocycles. The lowest BCUT2D eigenvalue weighted by molar-refractivity contribution is -0.177. The molecule has 0 unspecified atom stereocenters. The van der Waals surface area contributed by atoms with Crippen LogP contribution in [0.2, 0.25) is 0 Å². The molecule has 2 N–H and O–H groups in total. The van der Waals surface area contributed by atoms with Crippen LogP contribution in [-0.4, -0.2) is 24.3 Å². The van der Waals surface area contributed by atoms with Crippen molar-refractivity contribution in [2.75, 3.05) is 0 Å². The number of carbonyl (C=O) groups excluding carboxylic acids is 1. The highest BCUT2D eigenvalue weighted by molar-refractivity contribution is 5.73. The fraction of sp³-hybridized carbons (Fsp3) is 0.889. The Bertz CT molecular complexity index is 238. The second-order valence-corrected chi connectivity index (χ2v) is 3.72. The number of hydrogen-bond acceptors (Lipinski definition) is 3. The van der Waals surface area contributed by atoms with Gasteiger partial charge in [0.25, 0.3) is 0 Å². The molecule has 0 aromatic carbocycles. The molecule has 1 saturated carbocycles. The first-order valence-corrected chi connectivity index (χ1v) is 4.89. The summed E-state index contributed by atoms with van der Waals surface area (Å²) in [6.45, 7) is 1.49. The van der Waals surface area contributed by atoms with Crippen LogP contribution in [0.1, 0.15) is 26.2 Å². The second-order valence-electron chi connectivity index (χ2n) is 3.72. The van der Waals surface area contributed by atoms with E-state index in [1.165, 1.54) is 6.92 Å². The Morgan fingerprint density at radius 1 is 1.53 bits per heavy atom. The van der Waals surface area contributed by atoms with Gasteiger partial charge in [-0.2, -0.15) is 13.2 Å². The topological polar surface area (TPSA) is 52.3 Å².